The lowest BCUT2D eigenvalue weighted by Gasteiger charge is -2.21. The van der Waals surface area contributed by atoms with E-state index in [0.29, 0.717) is 11.9 Å². The van der Waals surface area contributed by atoms with Gasteiger partial charge in [0.2, 0.25) is 0 Å². The van der Waals surface area contributed by atoms with Crippen LogP contribution in [0.25, 0.3) is 0 Å². The average molecular weight is 381 g/mol. The molecule has 0 aliphatic carbocycles. The van der Waals surface area contributed by atoms with Crippen LogP contribution in [0.1, 0.15) is 31.4 Å². The van der Waals surface area contributed by atoms with Gasteiger partial charge in [0.05, 0.1) is 12.8 Å². The highest BCUT2D eigenvalue weighted by molar-refractivity contribution is 5.93. The molecule has 2 aromatic rings. The minimum atomic E-state index is 0.498. The number of guanidine groups is 1. The zero-order chi connectivity index (χ0) is 19.9. The topological polar surface area (TPSA) is 62.9 Å². The molecular weight excluding hydrogens is 348 g/mol. The average Bonchev–Trinajstić information content (AvgIpc) is 3.21. The normalized spacial score (nSPS) is 17.0. The van der Waals surface area contributed by atoms with Crippen LogP contribution >= 0.6 is 0 Å². The Balaban J connectivity index is 1.62. The van der Waals surface area contributed by atoms with Crippen LogP contribution in [0.4, 0.5) is 11.4 Å². The van der Waals surface area contributed by atoms with E-state index in [1.807, 2.05) is 12.1 Å². The minimum Gasteiger partial charge on any atom is -0.495 e. The maximum atomic E-state index is 6.23. The molecule has 3 rings (SSSR count). The molecule has 0 saturated carbocycles. The van der Waals surface area contributed by atoms with Gasteiger partial charge in [-0.15, -0.1) is 0 Å². The number of rotatable bonds is 7. The van der Waals surface area contributed by atoms with Crippen LogP contribution in [0.2, 0.25) is 0 Å². The quantitative estimate of drug-likeness (QED) is 0.561. The number of benzene rings is 2. The molecule has 0 bridgehead atoms. The van der Waals surface area contributed by atoms with Crippen LogP contribution in [0.15, 0.2) is 47.5 Å². The molecule has 1 unspecified atom stereocenters. The molecule has 0 aromatic heterocycles. The molecule has 0 radical (unpaired) electrons. The summed E-state index contributed by atoms with van der Waals surface area (Å²) >= 11 is 0. The standard InChI is InChI=1S/C23H32N4O/c1-4-18-9-8-10-19(5-2)22(18)26-23(24)25-15-17-13-14-27(16-17)20-11-6-7-12-21(20)28-3/h6-12,17H,4-5,13-16H2,1-3H3,(H3,24,25,26). The van der Waals surface area contributed by atoms with Crippen molar-refractivity contribution >= 4 is 17.3 Å². The second kappa shape index (κ2) is 9.49. The highest BCUT2D eigenvalue weighted by Gasteiger charge is 2.24. The Morgan fingerprint density at radius 2 is 1.86 bits per heavy atom. The summed E-state index contributed by atoms with van der Waals surface area (Å²) in [5, 5.41) is 3.36. The minimum absolute atomic E-state index is 0.498. The number of aryl methyl sites for hydroxylation is 2. The zero-order valence-electron chi connectivity index (χ0n) is 17.2. The summed E-state index contributed by atoms with van der Waals surface area (Å²) in [7, 11) is 1.72. The Bertz CT molecular complexity index is 796. The SMILES string of the molecule is CCc1cccc(CC)c1NC(N)=NCC1CCN(c2ccccc2OC)C1. The molecule has 1 aliphatic rings. The van der Waals surface area contributed by atoms with Crippen LogP contribution in [0.5, 0.6) is 5.75 Å². The number of nitrogens with zero attached hydrogens (tertiary/aromatic N) is 2. The van der Waals surface area contributed by atoms with Gasteiger partial charge in [-0.2, -0.15) is 0 Å². The Morgan fingerprint density at radius 1 is 1.14 bits per heavy atom. The van der Waals surface area contributed by atoms with Gasteiger partial charge in [0, 0.05) is 25.3 Å². The van der Waals surface area contributed by atoms with Gasteiger partial charge in [0.1, 0.15) is 5.75 Å². The number of nitrogens with two attached hydrogens (primary N) is 1. The molecule has 1 heterocycles. The Kier molecular flexibility index (Phi) is 6.80. The van der Waals surface area contributed by atoms with Gasteiger partial charge >= 0.3 is 0 Å². The fraction of sp³-hybridized carbons (Fsp3) is 0.435. The van der Waals surface area contributed by atoms with E-state index in [0.717, 1.165) is 56.0 Å². The van der Waals surface area contributed by atoms with Crippen LogP contribution in [0, 0.1) is 5.92 Å². The number of para-hydroxylation sites is 3. The van der Waals surface area contributed by atoms with Crippen molar-refractivity contribution in [3.63, 3.8) is 0 Å². The molecule has 5 nitrogen and oxygen atoms in total. The second-order valence-electron chi connectivity index (χ2n) is 7.28. The predicted molar refractivity (Wildman–Crippen MR) is 119 cm³/mol. The van der Waals surface area contributed by atoms with Crippen molar-refractivity contribution in [1.82, 2.24) is 0 Å². The molecule has 1 aliphatic heterocycles. The third-order valence-corrected chi connectivity index (χ3v) is 5.48. The van der Waals surface area contributed by atoms with E-state index in [4.69, 9.17) is 10.5 Å². The molecule has 28 heavy (non-hydrogen) atoms. The number of hydrogen-bond acceptors (Lipinski definition) is 3. The number of anilines is 2. The number of hydrogen-bond donors (Lipinski definition) is 2. The summed E-state index contributed by atoms with van der Waals surface area (Å²) in [4.78, 5) is 7.03. The largest absolute Gasteiger partial charge is 0.495 e. The molecule has 150 valence electrons. The lowest BCUT2D eigenvalue weighted by Crippen LogP contribution is -2.26. The summed E-state index contributed by atoms with van der Waals surface area (Å²) in [5.41, 5.74) is 11.1. The van der Waals surface area contributed by atoms with E-state index < -0.39 is 0 Å². The predicted octanol–water partition coefficient (Wildman–Crippen LogP) is 4.07. The Hall–Kier alpha value is -2.69. The van der Waals surface area contributed by atoms with Crippen molar-refractivity contribution in [2.24, 2.45) is 16.6 Å². The molecule has 1 atom stereocenters. The fourth-order valence-corrected chi connectivity index (χ4v) is 3.89. The molecule has 2 aromatic carbocycles. The monoisotopic (exact) mass is 380 g/mol. The van der Waals surface area contributed by atoms with Crippen LogP contribution in [-0.4, -0.2) is 32.7 Å². The first-order valence-electron chi connectivity index (χ1n) is 10.2. The first-order chi connectivity index (χ1) is 13.7. The van der Waals surface area contributed by atoms with Gasteiger partial charge in [0.15, 0.2) is 5.96 Å². The molecule has 5 heteroatoms. The summed E-state index contributed by atoms with van der Waals surface area (Å²) in [5.74, 6) is 1.93. The third-order valence-electron chi connectivity index (χ3n) is 5.48. The van der Waals surface area contributed by atoms with Crippen molar-refractivity contribution in [3.8, 4) is 5.75 Å². The van der Waals surface area contributed by atoms with E-state index in [2.05, 4.69) is 59.4 Å². The van der Waals surface area contributed by atoms with Crippen molar-refractivity contribution in [2.45, 2.75) is 33.1 Å². The summed E-state index contributed by atoms with van der Waals surface area (Å²) in [6, 6.07) is 14.6. The Morgan fingerprint density at radius 3 is 2.54 bits per heavy atom. The van der Waals surface area contributed by atoms with E-state index in [9.17, 15) is 0 Å². The summed E-state index contributed by atoms with van der Waals surface area (Å²) < 4.78 is 5.50. The van der Waals surface area contributed by atoms with Crippen molar-refractivity contribution in [1.29, 1.82) is 0 Å². The van der Waals surface area contributed by atoms with Gasteiger partial charge in [-0.05, 0) is 48.4 Å². The maximum Gasteiger partial charge on any atom is 0.193 e. The van der Waals surface area contributed by atoms with Crippen molar-refractivity contribution in [2.75, 3.05) is 37.0 Å². The van der Waals surface area contributed by atoms with Crippen molar-refractivity contribution < 1.29 is 4.74 Å². The van der Waals surface area contributed by atoms with E-state index in [-0.39, 0.29) is 0 Å². The number of nitrogens with one attached hydrogen (secondary N) is 1. The molecule has 0 spiro atoms. The maximum absolute atomic E-state index is 6.23. The highest BCUT2D eigenvalue weighted by atomic mass is 16.5. The van der Waals surface area contributed by atoms with Crippen LogP contribution < -0.4 is 20.7 Å². The van der Waals surface area contributed by atoms with Gasteiger partial charge in [-0.25, -0.2) is 0 Å². The lowest BCUT2D eigenvalue weighted by molar-refractivity contribution is 0.414. The van der Waals surface area contributed by atoms with E-state index in [1.165, 1.54) is 11.1 Å². The first-order valence-corrected chi connectivity index (χ1v) is 10.2. The molecule has 1 fully saturated rings. The van der Waals surface area contributed by atoms with Gasteiger partial charge in [-0.1, -0.05) is 44.2 Å². The van der Waals surface area contributed by atoms with Gasteiger partial charge in [0.25, 0.3) is 0 Å². The summed E-state index contributed by atoms with van der Waals surface area (Å²) in [6.07, 6.45) is 3.06. The number of methoxy groups -OCH3 is 1. The van der Waals surface area contributed by atoms with Gasteiger partial charge in [-0.3, -0.25) is 4.99 Å². The highest BCUT2D eigenvalue weighted by Crippen LogP contribution is 2.32. The van der Waals surface area contributed by atoms with E-state index >= 15 is 0 Å². The molecular formula is C23H32N4O. The number of ether oxygens (including phenoxy) is 1. The lowest BCUT2D eigenvalue weighted by atomic mass is 10.0. The van der Waals surface area contributed by atoms with Gasteiger partial charge < -0.3 is 20.7 Å². The molecule has 3 N–H and O–H groups in total. The summed E-state index contributed by atoms with van der Waals surface area (Å²) in [6.45, 7) is 7.06. The fourth-order valence-electron chi connectivity index (χ4n) is 3.89. The smallest absolute Gasteiger partial charge is 0.193 e. The first kappa shape index (κ1) is 20.1. The molecule has 0 amide bonds. The second-order valence-corrected chi connectivity index (χ2v) is 7.28. The Labute approximate surface area is 168 Å². The van der Waals surface area contributed by atoms with Crippen LogP contribution in [-0.2, 0) is 12.8 Å². The number of aliphatic imine (C=N–C) groups is 1. The zero-order valence-corrected chi connectivity index (χ0v) is 17.2. The van der Waals surface area contributed by atoms with E-state index in [1.54, 1.807) is 7.11 Å². The van der Waals surface area contributed by atoms with Crippen molar-refractivity contribution in [3.05, 3.63) is 53.6 Å². The molecule has 1 saturated heterocycles. The van der Waals surface area contributed by atoms with Crippen LogP contribution in [0.3, 0.4) is 0 Å². The third kappa shape index (κ3) is 4.58.